The van der Waals surface area contributed by atoms with Crippen LogP contribution in [-0.4, -0.2) is 29.3 Å². The van der Waals surface area contributed by atoms with Gasteiger partial charge < -0.3 is 0 Å². The minimum absolute atomic E-state index is 0.243. The van der Waals surface area contributed by atoms with Crippen LogP contribution in [0.2, 0.25) is 0 Å². The third-order valence-corrected chi connectivity index (χ3v) is 3.03. The molecule has 0 unspecified atom stereocenters. The lowest BCUT2D eigenvalue weighted by Crippen LogP contribution is -2.40. The molecule has 0 bridgehead atoms. The summed E-state index contributed by atoms with van der Waals surface area (Å²) in [6.45, 7) is 8.74. The molecule has 0 fully saturated rings. The number of Topliss-reactive ketones (excluding diaryl/α,β-unsaturated/α-hetero) is 1. The first-order chi connectivity index (χ1) is 5.97. The Bertz CT molecular complexity index is 263. The first kappa shape index (κ1) is 8.95. The third-order valence-electron chi connectivity index (χ3n) is 3.03. The Morgan fingerprint density at radius 2 is 1.54 bits per heavy atom. The Labute approximate surface area is 79.6 Å². The molecule has 0 atom stereocenters. The number of likely N-dealkylation sites (tertiary alicyclic amines) is 1. The summed E-state index contributed by atoms with van der Waals surface area (Å²) in [7, 11) is 0. The zero-order chi connectivity index (χ0) is 9.64. The molecule has 1 aliphatic heterocycles. The molecule has 0 aromatic carbocycles. The van der Waals surface area contributed by atoms with Gasteiger partial charge in [0.2, 0.25) is 0 Å². The molecule has 2 heteroatoms. The quantitative estimate of drug-likeness (QED) is 0.528. The predicted molar refractivity (Wildman–Crippen MR) is 52.6 cm³/mol. The van der Waals surface area contributed by atoms with E-state index in [1.165, 1.54) is 11.1 Å². The number of hydrogen-bond donors (Lipinski definition) is 0. The monoisotopic (exact) mass is 179 g/mol. The van der Waals surface area contributed by atoms with Crippen molar-refractivity contribution in [1.82, 2.24) is 4.90 Å². The van der Waals surface area contributed by atoms with Crippen molar-refractivity contribution >= 4 is 5.78 Å². The predicted octanol–water partition coefficient (Wildman–Crippen LogP) is 1.76. The van der Waals surface area contributed by atoms with Crippen LogP contribution >= 0.6 is 0 Å². The van der Waals surface area contributed by atoms with E-state index in [-0.39, 0.29) is 5.54 Å². The summed E-state index contributed by atoms with van der Waals surface area (Å²) in [6.07, 6.45) is 1.45. The number of hydrogen-bond acceptors (Lipinski definition) is 2. The van der Waals surface area contributed by atoms with Gasteiger partial charge in [0.1, 0.15) is 5.78 Å². The highest BCUT2D eigenvalue weighted by Gasteiger charge is 2.34. The second-order valence-electron chi connectivity index (χ2n) is 5.13. The fourth-order valence-corrected chi connectivity index (χ4v) is 2.11. The molecule has 0 N–H and O–H groups in total. The van der Waals surface area contributed by atoms with E-state index in [9.17, 15) is 4.79 Å². The summed E-state index contributed by atoms with van der Waals surface area (Å²) >= 11 is 0. The van der Waals surface area contributed by atoms with Crippen LogP contribution < -0.4 is 0 Å². The van der Waals surface area contributed by atoms with Gasteiger partial charge in [0, 0.05) is 31.5 Å². The zero-order valence-electron chi connectivity index (χ0n) is 8.68. The maximum absolute atomic E-state index is 11.2. The van der Waals surface area contributed by atoms with Gasteiger partial charge in [0.25, 0.3) is 0 Å². The Balaban J connectivity index is 2.06. The normalized spacial score (nSPS) is 24.4. The van der Waals surface area contributed by atoms with E-state index in [0.717, 1.165) is 25.9 Å². The van der Waals surface area contributed by atoms with Crippen LogP contribution in [0.1, 0.15) is 33.6 Å². The second kappa shape index (κ2) is 2.68. The number of carbonyl (C=O) groups is 1. The zero-order valence-corrected chi connectivity index (χ0v) is 8.68. The summed E-state index contributed by atoms with van der Waals surface area (Å²) in [5, 5.41) is 0. The van der Waals surface area contributed by atoms with Gasteiger partial charge >= 0.3 is 0 Å². The van der Waals surface area contributed by atoms with E-state index in [4.69, 9.17) is 0 Å². The Hall–Kier alpha value is -0.630. The molecule has 13 heavy (non-hydrogen) atoms. The molecular formula is C11H17NO. The van der Waals surface area contributed by atoms with E-state index in [1.54, 1.807) is 0 Å². The van der Waals surface area contributed by atoms with Crippen molar-refractivity contribution in [2.75, 3.05) is 13.1 Å². The summed E-state index contributed by atoms with van der Waals surface area (Å²) in [6, 6.07) is 0. The van der Waals surface area contributed by atoms with E-state index >= 15 is 0 Å². The van der Waals surface area contributed by atoms with E-state index in [2.05, 4.69) is 25.7 Å². The number of carbonyl (C=O) groups excluding carboxylic acids is 1. The molecular weight excluding hydrogens is 162 g/mol. The van der Waals surface area contributed by atoms with E-state index in [1.807, 2.05) is 0 Å². The molecule has 1 heterocycles. The van der Waals surface area contributed by atoms with Crippen molar-refractivity contribution in [3.05, 3.63) is 11.1 Å². The lowest BCUT2D eigenvalue weighted by atomic mass is 10.1. The summed E-state index contributed by atoms with van der Waals surface area (Å²) in [4.78, 5) is 13.6. The molecule has 0 amide bonds. The Morgan fingerprint density at radius 3 is 1.92 bits per heavy atom. The molecule has 0 saturated heterocycles. The molecule has 2 nitrogen and oxygen atoms in total. The maximum Gasteiger partial charge on any atom is 0.141 e. The Kier molecular flexibility index (Phi) is 1.84. The van der Waals surface area contributed by atoms with Crippen molar-refractivity contribution in [3.8, 4) is 0 Å². The first-order valence-corrected chi connectivity index (χ1v) is 4.93. The molecule has 2 rings (SSSR count). The van der Waals surface area contributed by atoms with Crippen LogP contribution in [0.25, 0.3) is 0 Å². The molecule has 0 aromatic rings. The standard InChI is InChI=1S/C11H17NO/c1-11(2,3)12-6-8-4-10(13)5-9(8)7-12/h4-7H2,1-3H3. The van der Waals surface area contributed by atoms with Crippen molar-refractivity contribution in [2.45, 2.75) is 39.2 Å². The lowest BCUT2D eigenvalue weighted by molar-refractivity contribution is -0.117. The molecule has 1 aliphatic carbocycles. The lowest BCUT2D eigenvalue weighted by Gasteiger charge is -2.32. The van der Waals surface area contributed by atoms with Crippen molar-refractivity contribution < 1.29 is 4.79 Å². The molecule has 2 aliphatic rings. The Morgan fingerprint density at radius 1 is 1.08 bits per heavy atom. The third kappa shape index (κ3) is 1.55. The van der Waals surface area contributed by atoms with Gasteiger partial charge in [0.05, 0.1) is 0 Å². The van der Waals surface area contributed by atoms with Crippen molar-refractivity contribution in [3.63, 3.8) is 0 Å². The highest BCUT2D eigenvalue weighted by atomic mass is 16.1. The number of ketones is 1. The van der Waals surface area contributed by atoms with Gasteiger partial charge in [-0.05, 0) is 31.9 Å². The SMILES string of the molecule is CC(C)(C)N1CC2=C(CC(=O)C2)C1. The molecule has 0 spiro atoms. The molecule has 72 valence electrons. The fourth-order valence-electron chi connectivity index (χ4n) is 2.11. The maximum atomic E-state index is 11.2. The van der Waals surface area contributed by atoms with Gasteiger partial charge in [0.15, 0.2) is 0 Å². The summed E-state index contributed by atoms with van der Waals surface area (Å²) in [5.41, 5.74) is 3.05. The van der Waals surface area contributed by atoms with Crippen LogP contribution in [0.4, 0.5) is 0 Å². The van der Waals surface area contributed by atoms with Crippen LogP contribution in [0.15, 0.2) is 11.1 Å². The van der Waals surface area contributed by atoms with E-state index < -0.39 is 0 Å². The van der Waals surface area contributed by atoms with Gasteiger partial charge in [-0.3, -0.25) is 9.69 Å². The second-order valence-corrected chi connectivity index (χ2v) is 5.13. The van der Waals surface area contributed by atoms with Gasteiger partial charge in [-0.2, -0.15) is 0 Å². The van der Waals surface area contributed by atoms with Crippen LogP contribution in [-0.2, 0) is 4.79 Å². The fraction of sp³-hybridized carbons (Fsp3) is 0.727. The number of rotatable bonds is 0. The van der Waals surface area contributed by atoms with Crippen LogP contribution in [0, 0.1) is 0 Å². The average molecular weight is 179 g/mol. The topological polar surface area (TPSA) is 20.3 Å². The first-order valence-electron chi connectivity index (χ1n) is 4.93. The van der Waals surface area contributed by atoms with Crippen LogP contribution in [0.5, 0.6) is 0 Å². The smallest absolute Gasteiger partial charge is 0.141 e. The van der Waals surface area contributed by atoms with Gasteiger partial charge in [-0.15, -0.1) is 0 Å². The minimum Gasteiger partial charge on any atom is -0.299 e. The van der Waals surface area contributed by atoms with Gasteiger partial charge in [-0.1, -0.05) is 0 Å². The van der Waals surface area contributed by atoms with E-state index in [0.29, 0.717) is 5.78 Å². The van der Waals surface area contributed by atoms with Crippen molar-refractivity contribution in [1.29, 1.82) is 0 Å². The molecule has 0 radical (unpaired) electrons. The van der Waals surface area contributed by atoms with Gasteiger partial charge in [-0.25, -0.2) is 0 Å². The minimum atomic E-state index is 0.243. The average Bonchev–Trinajstić information content (AvgIpc) is 2.40. The highest BCUT2D eigenvalue weighted by molar-refractivity contribution is 5.87. The van der Waals surface area contributed by atoms with Crippen molar-refractivity contribution in [2.24, 2.45) is 0 Å². The number of nitrogens with zero attached hydrogens (tertiary/aromatic N) is 1. The summed E-state index contributed by atoms with van der Waals surface area (Å²) < 4.78 is 0. The molecule has 0 saturated carbocycles. The summed E-state index contributed by atoms with van der Waals surface area (Å²) in [5.74, 6) is 0.415. The highest BCUT2D eigenvalue weighted by Crippen LogP contribution is 2.33. The largest absolute Gasteiger partial charge is 0.299 e. The van der Waals surface area contributed by atoms with Crippen LogP contribution in [0.3, 0.4) is 0 Å². The molecule has 0 aromatic heterocycles.